The number of H-pyrrole nitrogens is 2. The van der Waals surface area contributed by atoms with Crippen molar-refractivity contribution in [3.63, 3.8) is 0 Å². The zero-order chi connectivity index (χ0) is 45.1. The van der Waals surface area contributed by atoms with E-state index in [9.17, 15) is 24.0 Å². The average molecular weight is 854 g/mol. The number of anilines is 1. The maximum absolute atomic E-state index is 13.5. The van der Waals surface area contributed by atoms with E-state index in [4.69, 9.17) is 14.9 Å². The second-order valence-electron chi connectivity index (χ2n) is 15.5. The van der Waals surface area contributed by atoms with Crippen molar-refractivity contribution in [1.82, 2.24) is 40.4 Å². The van der Waals surface area contributed by atoms with Gasteiger partial charge in [-0.2, -0.15) is 0 Å². The highest BCUT2D eigenvalue weighted by Crippen LogP contribution is 2.34. The molecule has 0 radical (unpaired) electrons. The Labute approximate surface area is 361 Å². The summed E-state index contributed by atoms with van der Waals surface area (Å²) in [7, 11) is 2.57. The van der Waals surface area contributed by atoms with E-state index in [0.29, 0.717) is 40.4 Å². The standard InChI is InChI=1S/C32H33N7O5.C11H20N2O3.C2H6/c1-17(2)27(38-32(42)43-3)31(41)39-12-4-5-24(39)30-35-15-23(37-30)20-10-11-25-21(13-20)28(40)26(33)29(44-25)19-8-6-18(7-9-19)22-14-34-16-36-22;1-8(2)9(12-11(15)16-3)10(14)13-6-4-5-7-13;1-2/h6-11,13-17,24,27H,4-5,12,33H2,1-3H3,(H,34,36)(H,35,37)(H,38,42);8-9H,4-7H2,1-3H3,(H,12,15);1-2H3/t24-,27?;9-;/m00./s1. The molecule has 62 heavy (non-hydrogen) atoms. The zero-order valence-corrected chi connectivity index (χ0v) is 36.7. The number of hydrogen-bond acceptors (Lipinski definition) is 11. The molecule has 332 valence electrons. The number of fused-ring (bicyclic) bond motifs is 1. The predicted molar refractivity (Wildman–Crippen MR) is 237 cm³/mol. The number of carbonyl (C=O) groups excluding carboxylic acids is 4. The van der Waals surface area contributed by atoms with Gasteiger partial charge in [-0.3, -0.25) is 14.4 Å². The van der Waals surface area contributed by atoms with Gasteiger partial charge in [-0.25, -0.2) is 19.6 Å². The van der Waals surface area contributed by atoms with Crippen LogP contribution < -0.4 is 21.8 Å². The van der Waals surface area contributed by atoms with Gasteiger partial charge in [0.25, 0.3) is 0 Å². The van der Waals surface area contributed by atoms with Crippen molar-refractivity contribution in [2.45, 2.75) is 85.4 Å². The minimum Gasteiger partial charge on any atom is -0.454 e. The lowest BCUT2D eigenvalue weighted by Crippen LogP contribution is -2.51. The molecular formula is C45H59N9O8. The van der Waals surface area contributed by atoms with Crippen molar-refractivity contribution in [1.29, 1.82) is 0 Å². The molecule has 3 aromatic heterocycles. The Bertz CT molecular complexity index is 2350. The van der Waals surface area contributed by atoms with Crippen molar-refractivity contribution in [3.8, 4) is 33.8 Å². The summed E-state index contributed by atoms with van der Waals surface area (Å²) in [5.74, 6) is 0.685. The van der Waals surface area contributed by atoms with Crippen LogP contribution >= 0.6 is 0 Å². The molecule has 0 bridgehead atoms. The number of imidazole rings is 2. The van der Waals surface area contributed by atoms with Gasteiger partial charge in [0.2, 0.25) is 17.2 Å². The number of benzene rings is 2. The Balaban J connectivity index is 0.000000340. The number of amides is 4. The highest BCUT2D eigenvalue weighted by atomic mass is 16.5. The molecule has 17 nitrogen and oxygen atoms in total. The van der Waals surface area contributed by atoms with Gasteiger partial charge >= 0.3 is 12.2 Å². The second-order valence-corrected chi connectivity index (χ2v) is 15.5. The van der Waals surface area contributed by atoms with Crippen molar-refractivity contribution >= 4 is 40.7 Å². The molecule has 3 atom stereocenters. The first-order valence-electron chi connectivity index (χ1n) is 21.1. The first-order valence-corrected chi connectivity index (χ1v) is 21.1. The number of hydrogen-bond donors (Lipinski definition) is 5. The van der Waals surface area contributed by atoms with E-state index in [1.54, 1.807) is 40.7 Å². The maximum atomic E-state index is 13.5. The van der Waals surface area contributed by atoms with Crippen LogP contribution in [0.3, 0.4) is 0 Å². The molecule has 2 aliphatic rings. The van der Waals surface area contributed by atoms with Gasteiger partial charge in [0.05, 0.1) is 55.8 Å². The predicted octanol–water partition coefficient (Wildman–Crippen LogP) is 6.88. The molecule has 2 aromatic carbocycles. The third kappa shape index (κ3) is 10.6. The molecule has 0 spiro atoms. The molecule has 2 saturated heterocycles. The average Bonchev–Trinajstić information content (AvgIpc) is 4.14. The van der Waals surface area contributed by atoms with Crippen LogP contribution in [0.2, 0.25) is 0 Å². The fourth-order valence-electron chi connectivity index (χ4n) is 7.49. The number of rotatable bonds is 10. The monoisotopic (exact) mass is 853 g/mol. The third-order valence-electron chi connectivity index (χ3n) is 10.8. The number of aromatic nitrogens is 4. The molecule has 17 heteroatoms. The number of nitrogens with one attached hydrogen (secondary N) is 4. The number of nitrogens with two attached hydrogens (primary N) is 1. The smallest absolute Gasteiger partial charge is 0.407 e. The number of alkyl carbamates (subject to hydrolysis) is 2. The van der Waals surface area contributed by atoms with Crippen molar-refractivity contribution in [2.75, 3.05) is 39.6 Å². The molecule has 2 aliphatic heterocycles. The highest BCUT2D eigenvalue weighted by molar-refractivity contribution is 5.89. The molecule has 5 heterocycles. The number of aromatic amines is 2. The highest BCUT2D eigenvalue weighted by Gasteiger charge is 2.37. The summed E-state index contributed by atoms with van der Waals surface area (Å²) in [6.07, 6.45) is 7.47. The van der Waals surface area contributed by atoms with Crippen molar-refractivity contribution in [3.05, 3.63) is 77.2 Å². The molecule has 7 rings (SSSR count). The van der Waals surface area contributed by atoms with Crippen LogP contribution in [0.15, 0.2) is 70.4 Å². The van der Waals surface area contributed by atoms with Gasteiger partial charge in [0.15, 0.2) is 5.76 Å². The molecule has 0 aliphatic carbocycles. The molecule has 4 amide bonds. The first kappa shape index (κ1) is 46.4. The van der Waals surface area contributed by atoms with Crippen LogP contribution in [0.25, 0.3) is 44.8 Å². The lowest BCUT2D eigenvalue weighted by Gasteiger charge is -2.30. The van der Waals surface area contributed by atoms with E-state index >= 15 is 0 Å². The Morgan fingerprint density at radius 3 is 1.98 bits per heavy atom. The van der Waals surface area contributed by atoms with E-state index in [0.717, 1.165) is 55.6 Å². The molecule has 2 fully saturated rings. The Hall–Kier alpha value is -6.65. The normalized spacial score (nSPS) is 15.6. The number of nitrogens with zero attached hydrogens (tertiary/aromatic N) is 4. The Kier molecular flexibility index (Phi) is 15.9. The van der Waals surface area contributed by atoms with Crippen molar-refractivity contribution < 1.29 is 33.1 Å². The van der Waals surface area contributed by atoms with E-state index in [-0.39, 0.29) is 40.8 Å². The second kappa shape index (κ2) is 21.2. The third-order valence-corrected chi connectivity index (χ3v) is 10.8. The van der Waals surface area contributed by atoms with Crippen LogP contribution in [0.5, 0.6) is 0 Å². The van der Waals surface area contributed by atoms with Crippen LogP contribution in [-0.4, -0.2) is 99.7 Å². The molecule has 6 N–H and O–H groups in total. The Morgan fingerprint density at radius 2 is 1.40 bits per heavy atom. The van der Waals surface area contributed by atoms with Crippen LogP contribution in [0, 0.1) is 11.8 Å². The molecular weight excluding hydrogens is 795 g/mol. The summed E-state index contributed by atoms with van der Waals surface area (Å²) in [5.41, 5.74) is 10.3. The number of ether oxygens (including phenoxy) is 2. The summed E-state index contributed by atoms with van der Waals surface area (Å²) in [5, 5.41) is 5.60. The molecule has 0 saturated carbocycles. The Morgan fingerprint density at radius 1 is 0.806 bits per heavy atom. The lowest BCUT2D eigenvalue weighted by atomic mass is 10.0. The number of likely N-dealkylation sites (tertiary alicyclic amines) is 2. The van der Waals surface area contributed by atoms with Crippen LogP contribution in [0.1, 0.15) is 79.1 Å². The largest absolute Gasteiger partial charge is 0.454 e. The van der Waals surface area contributed by atoms with Gasteiger partial charge in [-0.15, -0.1) is 0 Å². The van der Waals surface area contributed by atoms with Crippen LogP contribution in [-0.2, 0) is 19.1 Å². The van der Waals surface area contributed by atoms with Gasteiger partial charge < -0.3 is 50.0 Å². The topological polar surface area (TPSA) is 231 Å². The summed E-state index contributed by atoms with van der Waals surface area (Å²) >= 11 is 0. The summed E-state index contributed by atoms with van der Waals surface area (Å²) in [6, 6.07) is 11.3. The maximum Gasteiger partial charge on any atom is 0.407 e. The van der Waals surface area contributed by atoms with Gasteiger partial charge in [0, 0.05) is 30.8 Å². The fraction of sp³-hybridized carbons (Fsp3) is 0.444. The number of methoxy groups -OCH3 is 2. The minimum absolute atomic E-state index is 0.00194. The van der Waals surface area contributed by atoms with E-state index < -0.39 is 24.3 Å². The van der Waals surface area contributed by atoms with E-state index in [1.807, 2.05) is 71.9 Å². The van der Waals surface area contributed by atoms with Gasteiger partial charge in [0.1, 0.15) is 29.2 Å². The quantitative estimate of drug-likeness (QED) is 0.0972. The van der Waals surface area contributed by atoms with Gasteiger partial charge in [-0.1, -0.05) is 65.8 Å². The zero-order valence-electron chi connectivity index (χ0n) is 36.7. The summed E-state index contributed by atoms with van der Waals surface area (Å²) in [4.78, 5) is 80.6. The summed E-state index contributed by atoms with van der Waals surface area (Å²) in [6.45, 7) is 13.7. The summed E-state index contributed by atoms with van der Waals surface area (Å²) < 4.78 is 15.4. The van der Waals surface area contributed by atoms with Crippen molar-refractivity contribution in [2.24, 2.45) is 11.8 Å². The fourth-order valence-corrected chi connectivity index (χ4v) is 7.49. The van der Waals surface area contributed by atoms with Crippen LogP contribution in [0.4, 0.5) is 15.3 Å². The number of nitrogen functional groups attached to an aromatic ring is 1. The first-order chi connectivity index (χ1) is 29.8. The minimum atomic E-state index is -0.721. The van der Waals surface area contributed by atoms with Gasteiger partial charge in [-0.05, 0) is 61.3 Å². The SMILES string of the molecule is CC.COC(=O)NC(C(=O)N1CCC[C@H]1c1ncc(-c2ccc3oc(-c4ccc(-c5cnc[nH]5)cc4)c(N)c(=O)c3c2)[nH]1)C(C)C.COC(=O)N[C@H](C(=O)N1CCCC1)C(C)C. The lowest BCUT2D eigenvalue weighted by molar-refractivity contribution is -0.135. The number of carbonyl (C=O) groups is 4. The van der Waals surface area contributed by atoms with E-state index in [2.05, 4.69) is 35.3 Å². The van der Waals surface area contributed by atoms with E-state index in [1.165, 1.54) is 14.2 Å². The molecule has 1 unspecified atom stereocenters. The molecule has 5 aromatic rings.